The van der Waals surface area contributed by atoms with Crippen LogP contribution in [-0.2, 0) is 0 Å². The number of hydrogen-bond donors (Lipinski definition) is 0. The van der Waals surface area contributed by atoms with E-state index in [0.717, 1.165) is 0 Å². The van der Waals surface area contributed by atoms with Gasteiger partial charge in [-0.05, 0) is 45.5 Å². The van der Waals surface area contributed by atoms with Crippen LogP contribution in [0.2, 0.25) is 0 Å². The largest absolute Gasteiger partial charge is 0.0674 e. The first-order valence-electron chi connectivity index (χ1n) is 2.96. The molecule has 0 nitrogen and oxygen atoms in total. The summed E-state index contributed by atoms with van der Waals surface area (Å²) >= 11 is 3.63. The van der Waals surface area contributed by atoms with Crippen molar-refractivity contribution in [3.05, 3.63) is 29.8 Å². The SMILES string of the molecule is Brp1ccc2pcccc21. The fourth-order valence-electron chi connectivity index (χ4n) is 0.934. The molecule has 0 aliphatic rings. The van der Waals surface area contributed by atoms with Gasteiger partial charge < -0.3 is 0 Å². The highest BCUT2D eigenvalue weighted by molar-refractivity contribution is 9.38. The van der Waals surface area contributed by atoms with Crippen molar-refractivity contribution >= 4 is 40.2 Å². The van der Waals surface area contributed by atoms with Crippen LogP contribution in [0.5, 0.6) is 0 Å². The highest BCUT2D eigenvalue weighted by Gasteiger charge is 1.95. The van der Waals surface area contributed by atoms with E-state index >= 15 is 0 Å². The zero-order chi connectivity index (χ0) is 6.97. The lowest BCUT2D eigenvalue weighted by Gasteiger charge is -1.86. The quantitative estimate of drug-likeness (QED) is 0.623. The first-order chi connectivity index (χ1) is 4.88. The standard InChI is InChI=1S/C7H5BrP2/c8-10-5-3-6-7(10)2-1-4-9-6/h1-5H. The molecule has 0 spiro atoms. The van der Waals surface area contributed by atoms with Gasteiger partial charge in [-0.3, -0.25) is 0 Å². The van der Waals surface area contributed by atoms with E-state index in [4.69, 9.17) is 0 Å². The van der Waals surface area contributed by atoms with Gasteiger partial charge in [0.15, 0.2) is 0 Å². The first-order valence-corrected chi connectivity index (χ1v) is 7.35. The second kappa shape index (κ2) is 2.66. The van der Waals surface area contributed by atoms with Gasteiger partial charge in [-0.15, -0.1) is 0 Å². The fourth-order valence-corrected chi connectivity index (χ4v) is 4.90. The van der Waals surface area contributed by atoms with Gasteiger partial charge >= 0.3 is 0 Å². The molecule has 2 rings (SSSR count). The van der Waals surface area contributed by atoms with Crippen LogP contribution in [0.4, 0.5) is 0 Å². The molecule has 2 heterocycles. The monoisotopic (exact) mass is 230 g/mol. The molecule has 10 heavy (non-hydrogen) atoms. The summed E-state index contributed by atoms with van der Waals surface area (Å²) in [6.07, 6.45) is -0.125. The smallest absolute Gasteiger partial charge is 0.0162 e. The summed E-state index contributed by atoms with van der Waals surface area (Å²) in [5, 5.41) is 2.95. The minimum absolute atomic E-state index is 0.125. The van der Waals surface area contributed by atoms with E-state index in [2.05, 4.69) is 45.3 Å². The van der Waals surface area contributed by atoms with Gasteiger partial charge in [0.05, 0.1) is 0 Å². The van der Waals surface area contributed by atoms with E-state index in [0.29, 0.717) is 0 Å². The molecule has 0 radical (unpaired) electrons. The van der Waals surface area contributed by atoms with Crippen LogP contribution < -0.4 is 0 Å². The number of hydrogen-bond acceptors (Lipinski definition) is 0. The Balaban J connectivity index is 2.93. The third-order valence-corrected chi connectivity index (χ3v) is 5.69. The molecular formula is C7H5BrP2. The third-order valence-electron chi connectivity index (χ3n) is 1.41. The van der Waals surface area contributed by atoms with Crippen molar-refractivity contribution in [3.63, 3.8) is 0 Å². The maximum Gasteiger partial charge on any atom is 0.0162 e. The van der Waals surface area contributed by atoms with Crippen molar-refractivity contribution in [2.75, 3.05) is 0 Å². The van der Waals surface area contributed by atoms with Gasteiger partial charge in [0, 0.05) is 10.2 Å². The minimum atomic E-state index is -0.125. The zero-order valence-electron chi connectivity index (χ0n) is 5.16. The molecule has 0 aromatic carbocycles. The summed E-state index contributed by atoms with van der Waals surface area (Å²) in [7, 11) is 1.35. The zero-order valence-corrected chi connectivity index (χ0v) is 8.53. The Morgan fingerprint density at radius 2 is 2.30 bits per heavy atom. The molecule has 1 atom stereocenters. The predicted molar refractivity (Wildman–Crippen MR) is 53.5 cm³/mol. The molecule has 0 amide bonds. The molecule has 0 N–H and O–H groups in total. The van der Waals surface area contributed by atoms with Crippen LogP contribution in [0, 0.1) is 0 Å². The van der Waals surface area contributed by atoms with E-state index < -0.39 is 0 Å². The Morgan fingerprint density at radius 3 is 3.10 bits per heavy atom. The van der Waals surface area contributed by atoms with Crippen molar-refractivity contribution in [2.45, 2.75) is 0 Å². The molecule has 0 saturated heterocycles. The summed E-state index contributed by atoms with van der Waals surface area (Å²) in [5.74, 6) is 4.42. The summed E-state index contributed by atoms with van der Waals surface area (Å²) in [4.78, 5) is 0. The summed E-state index contributed by atoms with van der Waals surface area (Å²) in [5.41, 5.74) is 0. The Morgan fingerprint density at radius 1 is 1.40 bits per heavy atom. The Bertz CT molecular complexity index is 353. The first kappa shape index (κ1) is 6.85. The predicted octanol–water partition coefficient (Wildman–Crippen LogP) is 4.56. The minimum Gasteiger partial charge on any atom is -0.0674 e. The van der Waals surface area contributed by atoms with E-state index in [1.807, 2.05) is 0 Å². The molecule has 0 saturated carbocycles. The van der Waals surface area contributed by atoms with Crippen molar-refractivity contribution in [3.8, 4) is 0 Å². The Kier molecular flexibility index (Phi) is 1.82. The molecule has 3 heteroatoms. The summed E-state index contributed by atoms with van der Waals surface area (Å²) in [6, 6.07) is 6.55. The number of fused-ring (bicyclic) bond motifs is 1. The highest BCUT2D eigenvalue weighted by Crippen LogP contribution is 2.46. The maximum atomic E-state index is 3.63. The average molecular weight is 231 g/mol. The van der Waals surface area contributed by atoms with Crippen LogP contribution in [0.1, 0.15) is 0 Å². The van der Waals surface area contributed by atoms with Gasteiger partial charge in [-0.25, -0.2) is 0 Å². The fraction of sp³-hybridized carbons (Fsp3) is 0. The van der Waals surface area contributed by atoms with Crippen LogP contribution in [-0.4, -0.2) is 0 Å². The molecule has 0 aliphatic carbocycles. The van der Waals surface area contributed by atoms with E-state index in [1.165, 1.54) is 18.4 Å². The lowest BCUT2D eigenvalue weighted by Crippen LogP contribution is -1.49. The average Bonchev–Trinajstić information content (AvgIpc) is 2.34. The molecule has 0 fully saturated rings. The number of halogens is 1. The van der Waals surface area contributed by atoms with Crippen molar-refractivity contribution < 1.29 is 0 Å². The van der Waals surface area contributed by atoms with E-state index in [9.17, 15) is 0 Å². The molecule has 2 aromatic rings. The van der Waals surface area contributed by atoms with Gasteiger partial charge in [0.1, 0.15) is 0 Å². The second-order valence-corrected chi connectivity index (χ2v) is 6.77. The highest BCUT2D eigenvalue weighted by atomic mass is 79.9. The molecular weight excluding hydrogens is 226 g/mol. The molecule has 0 aliphatic heterocycles. The lowest BCUT2D eigenvalue weighted by atomic mass is 10.5. The normalized spacial score (nSPS) is 13.1. The van der Waals surface area contributed by atoms with Gasteiger partial charge in [0.25, 0.3) is 0 Å². The number of rotatable bonds is 0. The summed E-state index contributed by atoms with van der Waals surface area (Å²) < 4.78 is 0. The Labute approximate surface area is 70.2 Å². The maximum absolute atomic E-state index is 3.63. The van der Waals surface area contributed by atoms with Crippen molar-refractivity contribution in [1.82, 2.24) is 0 Å². The lowest BCUT2D eigenvalue weighted by molar-refractivity contribution is 2.03. The molecule has 2 aromatic heterocycles. The van der Waals surface area contributed by atoms with Crippen LogP contribution in [0.3, 0.4) is 0 Å². The van der Waals surface area contributed by atoms with Crippen LogP contribution in [0.25, 0.3) is 10.2 Å². The van der Waals surface area contributed by atoms with Gasteiger partial charge in [-0.1, -0.05) is 14.3 Å². The van der Waals surface area contributed by atoms with Gasteiger partial charge in [0.2, 0.25) is 0 Å². The van der Waals surface area contributed by atoms with Crippen molar-refractivity contribution in [2.24, 2.45) is 0 Å². The second-order valence-electron chi connectivity index (χ2n) is 2.03. The summed E-state index contributed by atoms with van der Waals surface area (Å²) in [6.45, 7) is 0. The topological polar surface area (TPSA) is 0 Å². The third kappa shape index (κ3) is 1.03. The molecule has 50 valence electrons. The van der Waals surface area contributed by atoms with Crippen LogP contribution in [0.15, 0.2) is 29.8 Å². The molecule has 0 bridgehead atoms. The van der Waals surface area contributed by atoms with E-state index in [1.54, 1.807) is 0 Å². The molecule has 1 unspecified atom stereocenters. The van der Waals surface area contributed by atoms with Gasteiger partial charge in [-0.2, -0.15) is 0 Å². The Hall–Kier alpha value is 0.170. The van der Waals surface area contributed by atoms with Crippen LogP contribution >= 0.6 is 29.9 Å². The van der Waals surface area contributed by atoms with Crippen molar-refractivity contribution in [1.29, 1.82) is 0 Å². The van der Waals surface area contributed by atoms with E-state index in [-0.39, 0.29) is 6.24 Å².